The predicted octanol–water partition coefficient (Wildman–Crippen LogP) is 10.6. The molecule has 0 spiro atoms. The van der Waals surface area contributed by atoms with Crippen molar-refractivity contribution in [1.29, 1.82) is 0 Å². The molecule has 6 nitrogen and oxygen atoms in total. The molecule has 2 unspecified atom stereocenters. The van der Waals surface area contributed by atoms with Crippen LogP contribution in [0.3, 0.4) is 0 Å². The van der Waals surface area contributed by atoms with Gasteiger partial charge in [0.05, 0.1) is 12.7 Å². The molecule has 274 valence electrons. The number of unbranched alkanes of at least 4 members (excludes halogenated alkanes) is 9. The summed E-state index contributed by atoms with van der Waals surface area (Å²) in [6, 6.07) is 0. The van der Waals surface area contributed by atoms with E-state index < -0.39 is 12.2 Å². The van der Waals surface area contributed by atoms with Crippen molar-refractivity contribution in [3.05, 3.63) is 72.9 Å². The van der Waals surface area contributed by atoms with Crippen molar-refractivity contribution in [3.63, 3.8) is 0 Å². The molecule has 0 saturated heterocycles. The molecule has 0 aromatic heterocycles. The molecule has 0 aliphatic rings. The molecule has 0 aromatic rings. The van der Waals surface area contributed by atoms with Gasteiger partial charge < -0.3 is 19.7 Å². The molecule has 0 saturated carbocycles. The standard InChI is InChI=1S/C42H70O6/c1-4-6-26-32-39(44)33-28-23-19-15-10-8-7-9-11-16-20-24-29-34-41(45)47-37-40(36-43)48-42(46)35-30-25-21-17-13-12-14-18-22-27-31-38(3)5-2/h6,8-11,19-20,23-24,26,28,33,38-40,43-44H,4-5,7,12-18,21-22,25,27,29-32,34-37H2,1-3H3/b10-8-,11-9-,23-19+,24-20-,26-6-,33-28+/t38?,39?,40-/m0/s1. The van der Waals surface area contributed by atoms with Gasteiger partial charge in [0.15, 0.2) is 6.10 Å². The average molecular weight is 671 g/mol. The molecule has 0 aliphatic heterocycles. The first-order chi connectivity index (χ1) is 23.4. The molecule has 0 amide bonds. The van der Waals surface area contributed by atoms with Gasteiger partial charge >= 0.3 is 11.9 Å². The first-order valence-electron chi connectivity index (χ1n) is 19.0. The topological polar surface area (TPSA) is 93.1 Å². The molecule has 0 heterocycles. The smallest absolute Gasteiger partial charge is 0.306 e. The number of aliphatic hydroxyl groups is 2. The predicted molar refractivity (Wildman–Crippen MR) is 202 cm³/mol. The number of carbonyl (C=O) groups is 2. The third kappa shape index (κ3) is 33.2. The van der Waals surface area contributed by atoms with E-state index in [1.807, 2.05) is 30.4 Å². The summed E-state index contributed by atoms with van der Waals surface area (Å²) < 4.78 is 10.5. The maximum atomic E-state index is 12.1. The van der Waals surface area contributed by atoms with Crippen LogP contribution >= 0.6 is 0 Å². The van der Waals surface area contributed by atoms with Gasteiger partial charge in [-0.25, -0.2) is 0 Å². The van der Waals surface area contributed by atoms with E-state index in [-0.39, 0.29) is 31.6 Å². The highest BCUT2D eigenvalue weighted by Gasteiger charge is 2.15. The van der Waals surface area contributed by atoms with Crippen LogP contribution in [0.5, 0.6) is 0 Å². The van der Waals surface area contributed by atoms with Crippen LogP contribution in [0.4, 0.5) is 0 Å². The minimum absolute atomic E-state index is 0.120. The molecular weight excluding hydrogens is 600 g/mol. The van der Waals surface area contributed by atoms with Crippen LogP contribution in [-0.4, -0.2) is 47.6 Å². The number of hydrogen-bond donors (Lipinski definition) is 2. The van der Waals surface area contributed by atoms with Gasteiger partial charge in [0.1, 0.15) is 6.61 Å². The highest BCUT2D eigenvalue weighted by atomic mass is 16.6. The van der Waals surface area contributed by atoms with E-state index >= 15 is 0 Å². The molecule has 0 rings (SSSR count). The van der Waals surface area contributed by atoms with Gasteiger partial charge in [0, 0.05) is 12.8 Å². The summed E-state index contributed by atoms with van der Waals surface area (Å²) in [7, 11) is 0. The Morgan fingerprint density at radius 2 is 1.25 bits per heavy atom. The number of hydrogen-bond acceptors (Lipinski definition) is 6. The number of ether oxygens (including phenoxy) is 2. The summed E-state index contributed by atoms with van der Waals surface area (Å²) in [5, 5.41) is 19.3. The number of carbonyl (C=O) groups excluding carboxylic acids is 2. The van der Waals surface area contributed by atoms with E-state index in [4.69, 9.17) is 9.47 Å². The van der Waals surface area contributed by atoms with Gasteiger partial charge in [-0.15, -0.1) is 0 Å². The zero-order valence-electron chi connectivity index (χ0n) is 30.7. The van der Waals surface area contributed by atoms with Crippen molar-refractivity contribution >= 4 is 11.9 Å². The van der Waals surface area contributed by atoms with Crippen LogP contribution in [0, 0.1) is 5.92 Å². The van der Waals surface area contributed by atoms with E-state index in [1.54, 1.807) is 6.08 Å². The Hall–Kier alpha value is -2.70. The Kier molecular flexibility index (Phi) is 33.6. The second kappa shape index (κ2) is 35.6. The van der Waals surface area contributed by atoms with Crippen LogP contribution in [0.25, 0.3) is 0 Å². The Bertz CT molecular complexity index is 928. The van der Waals surface area contributed by atoms with Crippen molar-refractivity contribution < 1.29 is 29.3 Å². The molecular formula is C42H70O6. The van der Waals surface area contributed by atoms with Crippen molar-refractivity contribution in [2.24, 2.45) is 5.92 Å². The third-order valence-electron chi connectivity index (χ3n) is 8.15. The Balaban J connectivity index is 3.78. The zero-order valence-corrected chi connectivity index (χ0v) is 30.7. The van der Waals surface area contributed by atoms with Gasteiger partial charge in [0.2, 0.25) is 0 Å². The monoisotopic (exact) mass is 671 g/mol. The first kappa shape index (κ1) is 45.3. The molecule has 0 aromatic carbocycles. The minimum atomic E-state index is -0.814. The highest BCUT2D eigenvalue weighted by molar-refractivity contribution is 5.70. The first-order valence-corrected chi connectivity index (χ1v) is 19.0. The lowest BCUT2D eigenvalue weighted by Gasteiger charge is -2.15. The maximum absolute atomic E-state index is 12.1. The number of allylic oxidation sites excluding steroid dienone is 10. The fourth-order valence-corrected chi connectivity index (χ4v) is 4.87. The van der Waals surface area contributed by atoms with Crippen LogP contribution in [-0.2, 0) is 19.1 Å². The van der Waals surface area contributed by atoms with Crippen LogP contribution < -0.4 is 0 Å². The van der Waals surface area contributed by atoms with Gasteiger partial charge in [-0.2, -0.15) is 0 Å². The summed E-state index contributed by atoms with van der Waals surface area (Å²) in [5.41, 5.74) is 0. The summed E-state index contributed by atoms with van der Waals surface area (Å²) in [5.74, 6) is 0.151. The fourth-order valence-electron chi connectivity index (χ4n) is 4.87. The second-order valence-electron chi connectivity index (χ2n) is 12.7. The summed E-state index contributed by atoms with van der Waals surface area (Å²) >= 11 is 0. The van der Waals surface area contributed by atoms with Gasteiger partial charge in [-0.1, -0.05) is 164 Å². The number of rotatable bonds is 32. The molecule has 0 bridgehead atoms. The molecule has 6 heteroatoms. The SMILES string of the molecule is CC/C=C\CC(O)/C=C/C=C/C/C=C\C/C=C\C/C=C\CCC(=O)OC[C@H](CO)OC(=O)CCCCCCCCCCCCC(C)CC. The summed E-state index contributed by atoms with van der Waals surface area (Å²) in [6.07, 6.45) is 43.0. The van der Waals surface area contributed by atoms with E-state index in [0.29, 0.717) is 19.3 Å². The molecule has 0 aliphatic carbocycles. The average Bonchev–Trinajstić information content (AvgIpc) is 3.08. The maximum Gasteiger partial charge on any atom is 0.306 e. The molecule has 0 fully saturated rings. The lowest BCUT2D eigenvalue weighted by molar-refractivity contribution is -0.161. The van der Waals surface area contributed by atoms with Crippen LogP contribution in [0.1, 0.15) is 149 Å². The van der Waals surface area contributed by atoms with Crippen molar-refractivity contribution in [1.82, 2.24) is 0 Å². The Morgan fingerprint density at radius 3 is 1.85 bits per heavy atom. The Morgan fingerprint density at radius 1 is 0.667 bits per heavy atom. The van der Waals surface area contributed by atoms with E-state index in [2.05, 4.69) is 57.2 Å². The van der Waals surface area contributed by atoms with E-state index in [0.717, 1.165) is 50.9 Å². The van der Waals surface area contributed by atoms with E-state index in [9.17, 15) is 19.8 Å². The zero-order chi connectivity index (χ0) is 35.3. The summed E-state index contributed by atoms with van der Waals surface area (Å²) in [6.45, 7) is 6.20. The quantitative estimate of drug-likeness (QED) is 0.0320. The lowest BCUT2D eigenvalue weighted by atomic mass is 9.99. The van der Waals surface area contributed by atoms with Gasteiger partial charge in [0.25, 0.3) is 0 Å². The highest BCUT2D eigenvalue weighted by Crippen LogP contribution is 2.15. The van der Waals surface area contributed by atoms with Gasteiger partial charge in [-0.05, 0) is 50.9 Å². The molecule has 48 heavy (non-hydrogen) atoms. The second-order valence-corrected chi connectivity index (χ2v) is 12.7. The van der Waals surface area contributed by atoms with E-state index in [1.165, 1.54) is 57.8 Å². The van der Waals surface area contributed by atoms with Gasteiger partial charge in [-0.3, -0.25) is 9.59 Å². The lowest BCUT2D eigenvalue weighted by Crippen LogP contribution is -2.28. The van der Waals surface area contributed by atoms with Crippen LogP contribution in [0.2, 0.25) is 0 Å². The van der Waals surface area contributed by atoms with Crippen molar-refractivity contribution in [2.45, 2.75) is 161 Å². The van der Waals surface area contributed by atoms with Crippen molar-refractivity contribution in [2.75, 3.05) is 13.2 Å². The van der Waals surface area contributed by atoms with Crippen LogP contribution in [0.15, 0.2) is 72.9 Å². The third-order valence-corrected chi connectivity index (χ3v) is 8.15. The molecule has 3 atom stereocenters. The molecule has 2 N–H and O–H groups in total. The number of esters is 2. The minimum Gasteiger partial charge on any atom is -0.462 e. The molecule has 0 radical (unpaired) electrons. The fraction of sp³-hybridized carbons (Fsp3) is 0.667. The van der Waals surface area contributed by atoms with Crippen molar-refractivity contribution in [3.8, 4) is 0 Å². The Labute approximate surface area is 294 Å². The normalized spacial score (nSPS) is 14.4. The summed E-state index contributed by atoms with van der Waals surface area (Å²) in [4.78, 5) is 24.2. The number of aliphatic hydroxyl groups excluding tert-OH is 2. The largest absolute Gasteiger partial charge is 0.462 e.